The summed E-state index contributed by atoms with van der Waals surface area (Å²) in [6.45, 7) is 7.00. The second-order valence-corrected chi connectivity index (χ2v) is 9.21. The van der Waals surface area contributed by atoms with Crippen molar-refractivity contribution in [3.05, 3.63) is 23.8 Å². The van der Waals surface area contributed by atoms with E-state index in [0.29, 0.717) is 30.4 Å². The number of carbonyl (C=O) groups excluding carboxylic acids is 3. The van der Waals surface area contributed by atoms with Gasteiger partial charge in [-0.3, -0.25) is 9.59 Å². The van der Waals surface area contributed by atoms with Gasteiger partial charge in [-0.1, -0.05) is 39.2 Å². The first-order chi connectivity index (χ1) is 14.8. The minimum absolute atomic E-state index is 0.0551. The van der Waals surface area contributed by atoms with Crippen molar-refractivity contribution >= 4 is 29.2 Å². The van der Waals surface area contributed by atoms with Crippen molar-refractivity contribution in [3.8, 4) is 0 Å². The predicted octanol–water partition coefficient (Wildman–Crippen LogP) is 4.28. The first-order valence-corrected chi connectivity index (χ1v) is 11.6. The van der Waals surface area contributed by atoms with Gasteiger partial charge in [-0.25, -0.2) is 4.79 Å². The molecule has 7 heteroatoms. The highest BCUT2D eigenvalue weighted by molar-refractivity contribution is 5.95. The van der Waals surface area contributed by atoms with Crippen LogP contribution in [-0.2, 0) is 9.59 Å². The summed E-state index contributed by atoms with van der Waals surface area (Å²) >= 11 is 0. The lowest BCUT2D eigenvalue weighted by atomic mass is 9.87. The van der Waals surface area contributed by atoms with E-state index in [4.69, 9.17) is 0 Å². The van der Waals surface area contributed by atoms with Gasteiger partial charge in [0.15, 0.2) is 0 Å². The molecule has 1 saturated heterocycles. The maximum Gasteiger partial charge on any atom is 0.319 e. The first-order valence-electron chi connectivity index (χ1n) is 11.6. The van der Waals surface area contributed by atoms with Crippen LogP contribution in [-0.4, -0.2) is 41.9 Å². The normalized spacial score (nSPS) is 18.0. The van der Waals surface area contributed by atoms with Gasteiger partial charge in [0.05, 0.1) is 0 Å². The molecule has 0 radical (unpaired) electrons. The lowest BCUT2D eigenvalue weighted by molar-refractivity contribution is -0.137. The van der Waals surface area contributed by atoms with Gasteiger partial charge < -0.3 is 20.9 Å². The van der Waals surface area contributed by atoms with Gasteiger partial charge in [-0.05, 0) is 50.3 Å². The van der Waals surface area contributed by atoms with E-state index in [9.17, 15) is 14.4 Å². The van der Waals surface area contributed by atoms with Crippen LogP contribution in [0.5, 0.6) is 0 Å². The second kappa shape index (κ2) is 10.6. The van der Waals surface area contributed by atoms with Crippen molar-refractivity contribution in [1.29, 1.82) is 0 Å². The number of likely N-dealkylation sites (tertiary alicyclic amines) is 1. The summed E-state index contributed by atoms with van der Waals surface area (Å²) in [6, 6.07) is 5.28. The van der Waals surface area contributed by atoms with Crippen LogP contribution in [0.3, 0.4) is 0 Å². The van der Waals surface area contributed by atoms with Crippen molar-refractivity contribution in [1.82, 2.24) is 10.2 Å². The number of carbonyl (C=O) groups is 3. The molecule has 1 saturated carbocycles. The Bertz CT molecular complexity index is 794. The number of hydrogen-bond donors (Lipinski definition) is 3. The zero-order valence-electron chi connectivity index (χ0n) is 19.0. The zero-order valence-corrected chi connectivity index (χ0v) is 19.0. The Balaban J connectivity index is 1.48. The molecule has 1 aliphatic carbocycles. The number of anilines is 2. The Morgan fingerprint density at radius 2 is 1.65 bits per heavy atom. The van der Waals surface area contributed by atoms with E-state index in [1.807, 2.05) is 37.8 Å². The van der Waals surface area contributed by atoms with Crippen molar-refractivity contribution in [2.24, 2.45) is 11.8 Å². The smallest absolute Gasteiger partial charge is 0.319 e. The van der Waals surface area contributed by atoms with Gasteiger partial charge in [0.1, 0.15) is 0 Å². The zero-order chi connectivity index (χ0) is 22.4. The average Bonchev–Trinajstić information content (AvgIpc) is 2.76. The highest BCUT2D eigenvalue weighted by atomic mass is 16.2. The molecule has 1 aliphatic heterocycles. The molecule has 1 aromatic rings. The van der Waals surface area contributed by atoms with Crippen LogP contribution in [0.2, 0.25) is 0 Å². The minimum atomic E-state index is -0.257. The van der Waals surface area contributed by atoms with E-state index in [0.717, 1.165) is 44.1 Å². The summed E-state index contributed by atoms with van der Waals surface area (Å²) in [7, 11) is 0. The topological polar surface area (TPSA) is 90.5 Å². The van der Waals surface area contributed by atoms with Crippen molar-refractivity contribution in [2.45, 2.75) is 71.8 Å². The van der Waals surface area contributed by atoms with E-state index in [1.165, 1.54) is 6.42 Å². The fourth-order valence-corrected chi connectivity index (χ4v) is 4.32. The Labute approximate surface area is 185 Å². The largest absolute Gasteiger partial charge is 0.342 e. The van der Waals surface area contributed by atoms with Crippen molar-refractivity contribution in [3.63, 3.8) is 0 Å². The molecule has 2 fully saturated rings. The van der Waals surface area contributed by atoms with Gasteiger partial charge in [-0.15, -0.1) is 0 Å². The highest BCUT2D eigenvalue weighted by Crippen LogP contribution is 2.27. The molecule has 0 bridgehead atoms. The van der Waals surface area contributed by atoms with Crippen molar-refractivity contribution < 1.29 is 14.4 Å². The number of aryl methyl sites for hydroxylation is 1. The predicted molar refractivity (Wildman–Crippen MR) is 123 cm³/mol. The molecule has 0 aromatic heterocycles. The Kier molecular flexibility index (Phi) is 7.93. The molecule has 2 aliphatic rings. The van der Waals surface area contributed by atoms with Crippen molar-refractivity contribution in [2.75, 3.05) is 23.7 Å². The molecule has 31 heavy (non-hydrogen) atoms. The van der Waals surface area contributed by atoms with Crippen LogP contribution in [0.15, 0.2) is 18.2 Å². The fourth-order valence-electron chi connectivity index (χ4n) is 4.32. The summed E-state index contributed by atoms with van der Waals surface area (Å²) in [5.74, 6) is 0.331. The Morgan fingerprint density at radius 1 is 0.968 bits per heavy atom. The maximum absolute atomic E-state index is 12.7. The van der Waals surface area contributed by atoms with Gasteiger partial charge in [0.25, 0.3) is 0 Å². The molecule has 4 amide bonds. The lowest BCUT2D eigenvalue weighted by Crippen LogP contribution is -2.49. The SMILES string of the molecule is Cc1ccc(NC(=O)C(C)C)cc1NC(=O)NC1CCN(C(=O)C2CCCCC2)CC1. The number of nitrogens with one attached hydrogen (secondary N) is 3. The average molecular weight is 429 g/mol. The molecule has 0 atom stereocenters. The van der Waals surface area contributed by atoms with E-state index >= 15 is 0 Å². The third kappa shape index (κ3) is 6.45. The number of rotatable bonds is 5. The molecule has 170 valence electrons. The van der Waals surface area contributed by atoms with E-state index in [-0.39, 0.29) is 29.8 Å². The van der Waals surface area contributed by atoms with Gasteiger partial charge in [0, 0.05) is 42.3 Å². The molecule has 7 nitrogen and oxygen atoms in total. The second-order valence-electron chi connectivity index (χ2n) is 9.21. The number of hydrogen-bond acceptors (Lipinski definition) is 3. The minimum Gasteiger partial charge on any atom is -0.342 e. The molecule has 0 unspecified atom stereocenters. The third-order valence-corrected chi connectivity index (χ3v) is 6.37. The monoisotopic (exact) mass is 428 g/mol. The maximum atomic E-state index is 12.7. The van der Waals surface area contributed by atoms with Crippen LogP contribution in [0.1, 0.15) is 64.4 Å². The lowest BCUT2D eigenvalue weighted by Gasteiger charge is -2.35. The van der Waals surface area contributed by atoms with E-state index in [2.05, 4.69) is 16.0 Å². The Hall–Kier alpha value is -2.57. The van der Waals surface area contributed by atoms with Crippen LogP contribution in [0, 0.1) is 18.8 Å². The quantitative estimate of drug-likeness (QED) is 0.654. The van der Waals surface area contributed by atoms with Gasteiger partial charge in [0.2, 0.25) is 11.8 Å². The summed E-state index contributed by atoms with van der Waals surface area (Å²) in [5, 5.41) is 8.80. The summed E-state index contributed by atoms with van der Waals surface area (Å²) in [4.78, 5) is 39.2. The molecule has 1 heterocycles. The first kappa shape index (κ1) is 23.1. The number of benzene rings is 1. The van der Waals surface area contributed by atoms with Crippen LogP contribution >= 0.6 is 0 Å². The third-order valence-electron chi connectivity index (χ3n) is 6.37. The highest BCUT2D eigenvalue weighted by Gasteiger charge is 2.29. The molecular formula is C24H36N4O3. The molecule has 3 N–H and O–H groups in total. The summed E-state index contributed by atoms with van der Waals surface area (Å²) in [5.41, 5.74) is 2.25. The molecule has 0 spiro atoms. The summed E-state index contributed by atoms with van der Waals surface area (Å²) < 4.78 is 0. The number of piperidine rings is 1. The Morgan fingerprint density at radius 3 is 2.29 bits per heavy atom. The molecule has 3 rings (SSSR count). The molecule has 1 aromatic carbocycles. The van der Waals surface area contributed by atoms with Gasteiger partial charge >= 0.3 is 6.03 Å². The van der Waals surface area contributed by atoms with Gasteiger partial charge in [-0.2, -0.15) is 0 Å². The number of nitrogens with zero attached hydrogens (tertiary/aromatic N) is 1. The van der Waals surface area contributed by atoms with Crippen LogP contribution < -0.4 is 16.0 Å². The summed E-state index contributed by atoms with van der Waals surface area (Å²) in [6.07, 6.45) is 7.17. The van der Waals surface area contributed by atoms with E-state index in [1.54, 1.807) is 6.07 Å². The van der Waals surface area contributed by atoms with Crippen LogP contribution in [0.25, 0.3) is 0 Å². The van der Waals surface area contributed by atoms with Crippen LogP contribution in [0.4, 0.5) is 16.2 Å². The standard InChI is InChI=1S/C24H36N4O3/c1-16(2)22(29)25-20-10-9-17(3)21(15-20)27-24(31)26-19-11-13-28(14-12-19)23(30)18-7-5-4-6-8-18/h9-10,15-16,18-19H,4-8,11-14H2,1-3H3,(H,25,29)(H2,26,27,31). The molecular weight excluding hydrogens is 392 g/mol. The fraction of sp³-hybridized carbons (Fsp3) is 0.625. The number of urea groups is 1. The van der Waals surface area contributed by atoms with E-state index < -0.39 is 0 Å². The number of amides is 4.